The van der Waals surface area contributed by atoms with Crippen LogP contribution in [0.4, 0.5) is 10.1 Å². The normalized spacial score (nSPS) is 11.6. The van der Waals surface area contributed by atoms with E-state index in [4.69, 9.17) is 16.7 Å². The van der Waals surface area contributed by atoms with Gasteiger partial charge in [-0.2, -0.15) is 13.5 Å². The summed E-state index contributed by atoms with van der Waals surface area (Å²) in [5.74, 6) is -0.879. The van der Waals surface area contributed by atoms with Gasteiger partial charge in [-0.05, 0) is 19.1 Å². The Morgan fingerprint density at radius 1 is 1.50 bits per heavy atom. The summed E-state index contributed by atoms with van der Waals surface area (Å²) in [5, 5.41) is 14.7. The third-order valence-electron chi connectivity index (χ3n) is 2.64. The molecular formula is C11H11ClFN3O3S. The van der Waals surface area contributed by atoms with Gasteiger partial charge >= 0.3 is 0 Å². The second-order valence-electron chi connectivity index (χ2n) is 4.00. The largest absolute Gasteiger partial charge is 0.392 e. The Bertz CT molecular complexity index is 745. The third kappa shape index (κ3) is 2.62. The number of aromatic nitrogens is 2. The van der Waals surface area contributed by atoms with Crippen LogP contribution in [0.15, 0.2) is 23.2 Å². The highest BCUT2D eigenvalue weighted by Gasteiger charge is 2.24. The lowest BCUT2D eigenvalue weighted by atomic mass is 10.3. The number of benzene rings is 1. The Labute approximate surface area is 119 Å². The molecule has 1 heterocycles. The number of aryl methyl sites for hydroxylation is 1. The number of nitrogens with one attached hydrogen (secondary N) is 2. The van der Waals surface area contributed by atoms with Crippen LogP contribution in [0.5, 0.6) is 0 Å². The highest BCUT2D eigenvalue weighted by Crippen LogP contribution is 2.25. The van der Waals surface area contributed by atoms with Gasteiger partial charge in [-0.15, -0.1) is 0 Å². The second-order valence-corrected chi connectivity index (χ2v) is 6.00. The fraction of sp³-hybridized carbons (Fsp3) is 0.182. The molecule has 0 aliphatic carbocycles. The van der Waals surface area contributed by atoms with Gasteiger partial charge in [-0.3, -0.25) is 9.82 Å². The Morgan fingerprint density at radius 2 is 2.20 bits per heavy atom. The van der Waals surface area contributed by atoms with Gasteiger partial charge in [0, 0.05) is 11.3 Å². The molecule has 108 valence electrons. The predicted octanol–water partition coefficient (Wildman–Crippen LogP) is 1.80. The molecule has 0 fully saturated rings. The average Bonchev–Trinajstić information content (AvgIpc) is 2.76. The van der Waals surface area contributed by atoms with Crippen LogP contribution in [0.2, 0.25) is 5.02 Å². The number of sulfonamides is 1. The van der Waals surface area contributed by atoms with E-state index in [0.29, 0.717) is 5.69 Å². The first kappa shape index (κ1) is 14.8. The minimum atomic E-state index is -4.13. The van der Waals surface area contributed by atoms with Crippen molar-refractivity contribution in [3.05, 3.63) is 40.3 Å². The SMILES string of the molecule is Cc1[nH]nc(S(=O)(=O)Nc2cccc(Cl)c2F)c1CO. The van der Waals surface area contributed by atoms with Crippen LogP contribution in [0, 0.1) is 12.7 Å². The van der Waals surface area contributed by atoms with Crippen molar-refractivity contribution < 1.29 is 17.9 Å². The molecule has 20 heavy (non-hydrogen) atoms. The quantitative estimate of drug-likeness (QED) is 0.801. The summed E-state index contributed by atoms with van der Waals surface area (Å²) in [7, 11) is -4.13. The summed E-state index contributed by atoms with van der Waals surface area (Å²) >= 11 is 5.58. The number of rotatable bonds is 4. The molecular weight excluding hydrogens is 309 g/mol. The zero-order valence-electron chi connectivity index (χ0n) is 10.3. The summed E-state index contributed by atoms with van der Waals surface area (Å²) in [6, 6.07) is 3.94. The number of nitrogens with zero attached hydrogens (tertiary/aromatic N) is 1. The highest BCUT2D eigenvalue weighted by atomic mass is 35.5. The van der Waals surface area contributed by atoms with Gasteiger partial charge < -0.3 is 5.11 Å². The molecule has 9 heteroatoms. The molecule has 0 saturated heterocycles. The molecule has 2 aromatic rings. The number of H-pyrrole nitrogens is 1. The topological polar surface area (TPSA) is 95.1 Å². The molecule has 0 unspecified atom stereocenters. The zero-order valence-corrected chi connectivity index (χ0v) is 11.9. The number of anilines is 1. The maximum atomic E-state index is 13.7. The lowest BCUT2D eigenvalue weighted by Gasteiger charge is -2.08. The monoisotopic (exact) mass is 319 g/mol. The van der Waals surface area contributed by atoms with Crippen molar-refractivity contribution in [3.63, 3.8) is 0 Å². The summed E-state index contributed by atoms with van der Waals surface area (Å²) in [4.78, 5) is 0. The van der Waals surface area contributed by atoms with Gasteiger partial charge in [0.15, 0.2) is 5.82 Å². The molecule has 1 aromatic heterocycles. The molecule has 0 amide bonds. The lowest BCUT2D eigenvalue weighted by Crippen LogP contribution is -2.16. The van der Waals surface area contributed by atoms with E-state index >= 15 is 0 Å². The van der Waals surface area contributed by atoms with Crippen molar-refractivity contribution in [1.82, 2.24) is 10.2 Å². The first-order chi connectivity index (χ1) is 9.36. The van der Waals surface area contributed by atoms with E-state index in [1.165, 1.54) is 18.2 Å². The van der Waals surface area contributed by atoms with Crippen LogP contribution >= 0.6 is 11.6 Å². The molecule has 0 radical (unpaired) electrons. The molecule has 0 saturated carbocycles. The number of aliphatic hydroxyl groups excluding tert-OH is 1. The van der Waals surface area contributed by atoms with Crippen LogP contribution in [0.3, 0.4) is 0 Å². The summed E-state index contributed by atoms with van der Waals surface area (Å²) < 4.78 is 40.0. The van der Waals surface area contributed by atoms with Crippen LogP contribution in [0.25, 0.3) is 0 Å². The Balaban J connectivity index is 2.44. The van der Waals surface area contributed by atoms with Gasteiger partial charge in [0.25, 0.3) is 10.0 Å². The van der Waals surface area contributed by atoms with Crippen molar-refractivity contribution in [2.45, 2.75) is 18.6 Å². The highest BCUT2D eigenvalue weighted by molar-refractivity contribution is 7.92. The summed E-state index contributed by atoms with van der Waals surface area (Å²) in [6.45, 7) is 1.06. The number of aliphatic hydroxyl groups is 1. The summed E-state index contributed by atoms with van der Waals surface area (Å²) in [6.07, 6.45) is 0. The van der Waals surface area contributed by atoms with Crippen molar-refractivity contribution in [2.24, 2.45) is 0 Å². The first-order valence-electron chi connectivity index (χ1n) is 5.48. The van der Waals surface area contributed by atoms with E-state index in [-0.39, 0.29) is 21.3 Å². The smallest absolute Gasteiger partial charge is 0.281 e. The van der Waals surface area contributed by atoms with Crippen LogP contribution in [0.1, 0.15) is 11.3 Å². The zero-order chi connectivity index (χ0) is 14.9. The van der Waals surface area contributed by atoms with E-state index in [9.17, 15) is 12.8 Å². The van der Waals surface area contributed by atoms with Crippen LogP contribution in [-0.2, 0) is 16.6 Å². The molecule has 0 aliphatic rings. The maximum Gasteiger partial charge on any atom is 0.281 e. The van der Waals surface area contributed by atoms with Gasteiger partial charge in [-0.25, -0.2) is 4.39 Å². The molecule has 3 N–H and O–H groups in total. The maximum absolute atomic E-state index is 13.7. The molecule has 0 atom stereocenters. The molecule has 0 spiro atoms. The Morgan fingerprint density at radius 3 is 2.85 bits per heavy atom. The molecule has 6 nitrogen and oxygen atoms in total. The lowest BCUT2D eigenvalue weighted by molar-refractivity contribution is 0.277. The fourth-order valence-electron chi connectivity index (χ4n) is 1.61. The van der Waals surface area contributed by atoms with Gasteiger partial charge in [0.05, 0.1) is 17.3 Å². The Hall–Kier alpha value is -1.64. The van der Waals surface area contributed by atoms with Crippen LogP contribution in [-0.4, -0.2) is 23.7 Å². The number of hydrogen-bond donors (Lipinski definition) is 3. The second kappa shape index (κ2) is 5.39. The van der Waals surface area contributed by atoms with E-state index in [2.05, 4.69) is 14.9 Å². The Kier molecular flexibility index (Phi) is 3.98. The van der Waals surface area contributed by atoms with Crippen molar-refractivity contribution in [1.29, 1.82) is 0 Å². The van der Waals surface area contributed by atoms with Crippen molar-refractivity contribution in [3.8, 4) is 0 Å². The van der Waals surface area contributed by atoms with Gasteiger partial charge in [-0.1, -0.05) is 17.7 Å². The number of halogens is 2. The predicted molar refractivity (Wildman–Crippen MR) is 71.5 cm³/mol. The third-order valence-corrected chi connectivity index (χ3v) is 4.27. The van der Waals surface area contributed by atoms with Crippen molar-refractivity contribution in [2.75, 3.05) is 4.72 Å². The van der Waals surface area contributed by atoms with E-state index < -0.39 is 22.4 Å². The van der Waals surface area contributed by atoms with Gasteiger partial charge in [0.1, 0.15) is 0 Å². The number of aromatic amines is 1. The molecule has 2 rings (SSSR count). The fourth-order valence-corrected chi connectivity index (χ4v) is 3.04. The van der Waals surface area contributed by atoms with E-state index in [1.54, 1.807) is 6.92 Å². The summed E-state index contributed by atoms with van der Waals surface area (Å²) in [5.41, 5.74) is 0.251. The standard InChI is InChI=1S/C11H11ClFN3O3S/c1-6-7(5-17)11(15-14-6)20(18,19)16-9-4-2-3-8(12)10(9)13/h2-4,16-17H,5H2,1H3,(H,14,15). The van der Waals surface area contributed by atoms with Crippen LogP contribution < -0.4 is 4.72 Å². The first-order valence-corrected chi connectivity index (χ1v) is 7.34. The minimum Gasteiger partial charge on any atom is -0.392 e. The van der Waals surface area contributed by atoms with Crippen molar-refractivity contribution >= 4 is 27.3 Å². The molecule has 1 aromatic carbocycles. The minimum absolute atomic E-state index is 0.125. The number of hydrogen-bond acceptors (Lipinski definition) is 4. The molecule has 0 aliphatic heterocycles. The molecule has 0 bridgehead atoms. The van der Waals surface area contributed by atoms with E-state index in [1.807, 2.05) is 0 Å². The van der Waals surface area contributed by atoms with Gasteiger partial charge in [0.2, 0.25) is 5.03 Å². The average molecular weight is 320 g/mol. The van der Waals surface area contributed by atoms with E-state index in [0.717, 1.165) is 0 Å².